The van der Waals surface area contributed by atoms with Crippen molar-refractivity contribution in [3.63, 3.8) is 0 Å². The molecule has 15 heavy (non-hydrogen) atoms. The summed E-state index contributed by atoms with van der Waals surface area (Å²) in [6.07, 6.45) is 0.768. The van der Waals surface area contributed by atoms with Crippen LogP contribution in [0.4, 0.5) is 5.69 Å². The highest BCUT2D eigenvalue weighted by Crippen LogP contribution is 2.28. The Labute approximate surface area is 97.0 Å². The summed E-state index contributed by atoms with van der Waals surface area (Å²) < 4.78 is 0. The molecule has 0 unspecified atom stereocenters. The van der Waals surface area contributed by atoms with Crippen LogP contribution in [0.1, 0.15) is 5.69 Å². The zero-order chi connectivity index (χ0) is 10.3. The third-order valence-electron chi connectivity index (χ3n) is 2.35. The van der Waals surface area contributed by atoms with Crippen molar-refractivity contribution in [2.75, 3.05) is 5.32 Å². The van der Waals surface area contributed by atoms with Gasteiger partial charge < -0.3 is 5.32 Å². The molecule has 0 atom stereocenters. The molecule has 0 fully saturated rings. The molecule has 0 bridgehead atoms. The van der Waals surface area contributed by atoms with Crippen LogP contribution in [0, 0.1) is 0 Å². The average molecular weight is 232 g/mol. The van der Waals surface area contributed by atoms with Gasteiger partial charge in [-0.05, 0) is 23.6 Å². The quantitative estimate of drug-likeness (QED) is 0.765. The summed E-state index contributed by atoms with van der Waals surface area (Å²) in [7, 11) is 0. The van der Waals surface area contributed by atoms with E-state index in [2.05, 4.69) is 27.8 Å². The summed E-state index contributed by atoms with van der Waals surface area (Å²) in [6.45, 7) is 0. The van der Waals surface area contributed by atoms with Crippen molar-refractivity contribution in [1.29, 1.82) is 0 Å². The largest absolute Gasteiger partial charge is 0.348 e. The second kappa shape index (κ2) is 3.40. The number of fused-ring (bicyclic) bond motifs is 1. The van der Waals surface area contributed by atoms with Gasteiger partial charge in [0, 0.05) is 6.42 Å². The Kier molecular flexibility index (Phi) is 2.04. The van der Waals surface area contributed by atoms with E-state index in [4.69, 9.17) is 12.2 Å². The molecule has 2 aromatic heterocycles. The third kappa shape index (κ3) is 1.56. The minimum absolute atomic E-state index is 0.768. The van der Waals surface area contributed by atoms with E-state index in [0.29, 0.717) is 0 Å². The van der Waals surface area contributed by atoms with E-state index in [1.54, 1.807) is 11.3 Å². The highest BCUT2D eigenvalue weighted by molar-refractivity contribution is 7.80. The number of pyridine rings is 1. The number of hydrogen-bond donors (Lipinski definition) is 1. The van der Waals surface area contributed by atoms with Crippen LogP contribution in [-0.2, 0) is 6.42 Å². The molecule has 74 valence electrons. The van der Waals surface area contributed by atoms with Gasteiger partial charge in [-0.1, -0.05) is 18.3 Å². The Bertz CT molecular complexity index is 517. The molecule has 4 heteroatoms. The smallest absolute Gasteiger partial charge is 0.0858 e. The maximum atomic E-state index is 5.12. The summed E-state index contributed by atoms with van der Waals surface area (Å²) in [4.78, 5) is 6.67. The first-order valence-corrected chi connectivity index (χ1v) is 5.95. The fourth-order valence-corrected chi connectivity index (χ4v) is 2.60. The van der Waals surface area contributed by atoms with E-state index in [1.165, 1.54) is 4.88 Å². The number of aromatic nitrogens is 1. The Balaban J connectivity index is 2.07. The predicted octanol–water partition coefficient (Wildman–Crippen LogP) is 3.11. The number of thiocarbonyl (C=S) groups is 1. The van der Waals surface area contributed by atoms with Crippen LogP contribution < -0.4 is 5.32 Å². The minimum Gasteiger partial charge on any atom is -0.348 e. The van der Waals surface area contributed by atoms with Crippen molar-refractivity contribution >= 4 is 34.2 Å². The molecule has 0 saturated heterocycles. The average Bonchev–Trinajstić information content (AvgIpc) is 2.82. The van der Waals surface area contributed by atoms with E-state index in [0.717, 1.165) is 28.5 Å². The fraction of sp³-hybridized carbons (Fsp3) is 0.0909. The van der Waals surface area contributed by atoms with E-state index in [-0.39, 0.29) is 0 Å². The number of nitrogens with one attached hydrogen (secondary N) is 1. The van der Waals surface area contributed by atoms with Gasteiger partial charge in [-0.2, -0.15) is 0 Å². The van der Waals surface area contributed by atoms with Crippen LogP contribution in [0.5, 0.6) is 0 Å². The number of nitrogens with zero attached hydrogens (tertiary/aromatic N) is 1. The highest BCUT2D eigenvalue weighted by atomic mass is 32.1. The lowest BCUT2D eigenvalue weighted by Crippen LogP contribution is -2.00. The van der Waals surface area contributed by atoms with Crippen LogP contribution in [0.15, 0.2) is 29.6 Å². The molecule has 0 aliphatic carbocycles. The lowest BCUT2D eigenvalue weighted by atomic mass is 10.2. The standard InChI is InChI=1S/C11H8N2S2/c14-11-6-9-7(13-11)3-4-8(12-9)10-2-1-5-15-10/h1-5H,6H2,(H,13,14). The zero-order valence-electron chi connectivity index (χ0n) is 7.86. The van der Waals surface area contributed by atoms with Gasteiger partial charge in [-0.25, -0.2) is 4.98 Å². The van der Waals surface area contributed by atoms with Crippen molar-refractivity contribution in [2.45, 2.75) is 6.42 Å². The molecule has 0 saturated carbocycles. The van der Waals surface area contributed by atoms with Gasteiger partial charge in [0.05, 0.1) is 26.9 Å². The van der Waals surface area contributed by atoms with E-state index >= 15 is 0 Å². The molecule has 1 aliphatic heterocycles. The second-order valence-corrected chi connectivity index (χ2v) is 4.83. The maximum Gasteiger partial charge on any atom is 0.0858 e. The lowest BCUT2D eigenvalue weighted by Gasteiger charge is -2.00. The summed E-state index contributed by atoms with van der Waals surface area (Å²) in [5.74, 6) is 0. The lowest BCUT2D eigenvalue weighted by molar-refractivity contribution is 1.20. The first-order valence-electron chi connectivity index (χ1n) is 4.66. The Morgan fingerprint density at radius 1 is 1.33 bits per heavy atom. The molecular formula is C11H8N2S2. The van der Waals surface area contributed by atoms with Gasteiger partial charge in [0.25, 0.3) is 0 Å². The molecule has 0 spiro atoms. The predicted molar refractivity (Wildman–Crippen MR) is 67.5 cm³/mol. The normalized spacial score (nSPS) is 13.7. The van der Waals surface area contributed by atoms with Gasteiger partial charge in [0.15, 0.2) is 0 Å². The van der Waals surface area contributed by atoms with Crippen LogP contribution >= 0.6 is 23.6 Å². The van der Waals surface area contributed by atoms with E-state index < -0.39 is 0 Å². The highest BCUT2D eigenvalue weighted by Gasteiger charge is 2.16. The van der Waals surface area contributed by atoms with Gasteiger partial charge in [0.1, 0.15) is 0 Å². The molecule has 0 amide bonds. The summed E-state index contributed by atoms with van der Waals surface area (Å²) in [5, 5.41) is 5.20. The third-order valence-corrected chi connectivity index (χ3v) is 3.49. The summed E-state index contributed by atoms with van der Waals surface area (Å²) in [5.41, 5.74) is 3.15. The fourth-order valence-electron chi connectivity index (χ4n) is 1.66. The summed E-state index contributed by atoms with van der Waals surface area (Å²) >= 11 is 6.83. The van der Waals surface area contributed by atoms with Crippen molar-refractivity contribution < 1.29 is 0 Å². The monoisotopic (exact) mass is 232 g/mol. The van der Waals surface area contributed by atoms with Crippen LogP contribution in [0.25, 0.3) is 10.6 Å². The van der Waals surface area contributed by atoms with E-state index in [9.17, 15) is 0 Å². The molecule has 0 radical (unpaired) electrons. The van der Waals surface area contributed by atoms with Gasteiger partial charge >= 0.3 is 0 Å². The molecule has 2 nitrogen and oxygen atoms in total. The second-order valence-electron chi connectivity index (χ2n) is 3.39. The SMILES string of the molecule is S=C1Cc2nc(-c3cccs3)ccc2N1. The Morgan fingerprint density at radius 2 is 2.27 bits per heavy atom. The minimum atomic E-state index is 0.768. The van der Waals surface area contributed by atoms with Gasteiger partial charge in [-0.3, -0.25) is 0 Å². The van der Waals surface area contributed by atoms with Crippen molar-refractivity contribution in [2.24, 2.45) is 0 Å². The van der Waals surface area contributed by atoms with Crippen molar-refractivity contribution in [3.05, 3.63) is 35.3 Å². The molecule has 3 rings (SSSR count). The van der Waals surface area contributed by atoms with Crippen molar-refractivity contribution in [3.8, 4) is 10.6 Å². The first kappa shape index (κ1) is 9.00. The van der Waals surface area contributed by atoms with Gasteiger partial charge in [0.2, 0.25) is 0 Å². The Morgan fingerprint density at radius 3 is 3.07 bits per heavy atom. The molecule has 3 heterocycles. The number of anilines is 1. The van der Waals surface area contributed by atoms with Crippen LogP contribution in [-0.4, -0.2) is 9.97 Å². The molecular weight excluding hydrogens is 224 g/mol. The number of thiophene rings is 1. The molecule has 1 N–H and O–H groups in total. The van der Waals surface area contributed by atoms with Crippen molar-refractivity contribution in [1.82, 2.24) is 4.98 Å². The van der Waals surface area contributed by atoms with Gasteiger partial charge in [-0.15, -0.1) is 11.3 Å². The van der Waals surface area contributed by atoms with Crippen LogP contribution in [0.2, 0.25) is 0 Å². The molecule has 1 aliphatic rings. The van der Waals surface area contributed by atoms with E-state index in [1.807, 2.05) is 12.1 Å². The maximum absolute atomic E-state index is 5.12. The zero-order valence-corrected chi connectivity index (χ0v) is 9.49. The topological polar surface area (TPSA) is 24.9 Å². The number of hydrogen-bond acceptors (Lipinski definition) is 3. The first-order chi connectivity index (χ1) is 7.33. The molecule has 0 aromatic carbocycles. The summed E-state index contributed by atoms with van der Waals surface area (Å²) in [6, 6.07) is 8.21. The molecule has 2 aromatic rings. The Hall–Kier alpha value is -1.26. The number of rotatable bonds is 1. The van der Waals surface area contributed by atoms with Crippen LogP contribution in [0.3, 0.4) is 0 Å².